The molecule has 6 nitrogen and oxygen atoms in total. The van der Waals surface area contributed by atoms with Crippen LogP contribution >= 0.6 is 0 Å². The fraction of sp³-hybridized carbons (Fsp3) is 0.263. The van der Waals surface area contributed by atoms with Crippen LogP contribution < -0.4 is 10.5 Å². The molecule has 0 spiro atoms. The fourth-order valence-electron chi connectivity index (χ4n) is 2.86. The number of fused-ring (bicyclic) bond motifs is 1. The number of benzene rings is 1. The topological polar surface area (TPSA) is 91.0 Å². The Morgan fingerprint density at radius 2 is 1.96 bits per heavy atom. The first-order chi connectivity index (χ1) is 11.9. The van der Waals surface area contributed by atoms with E-state index in [4.69, 9.17) is 10.5 Å². The van der Waals surface area contributed by atoms with Crippen LogP contribution in [0, 0.1) is 0 Å². The van der Waals surface area contributed by atoms with Crippen molar-refractivity contribution < 1.29 is 9.53 Å². The highest BCUT2D eigenvalue weighted by molar-refractivity contribution is 6.07. The maximum atomic E-state index is 13.0. The van der Waals surface area contributed by atoms with Crippen molar-refractivity contribution >= 4 is 22.6 Å². The zero-order valence-electron chi connectivity index (χ0n) is 14.5. The number of methoxy groups -OCH3 is 1. The number of Topliss-reactive ketones (excluding diaryl/α,β-unsaturated/α-hetero) is 1. The second-order valence-electron chi connectivity index (χ2n) is 6.49. The maximum absolute atomic E-state index is 13.0. The highest BCUT2D eigenvalue weighted by Crippen LogP contribution is 2.30. The van der Waals surface area contributed by atoms with Crippen LogP contribution in [0.2, 0.25) is 0 Å². The standard InChI is InChI=1S/C19H20N4O2/c1-19(2,15-9-4-5-10-21-15)11-13(24)16-12-7-6-8-14(25-3)17(12)23-18(20)22-16/h4-10H,11H2,1-3H3,(H2,20,22,23). The van der Waals surface area contributed by atoms with E-state index in [0.29, 0.717) is 22.3 Å². The Morgan fingerprint density at radius 1 is 1.16 bits per heavy atom. The Hall–Kier alpha value is -3.02. The molecule has 1 aromatic carbocycles. The van der Waals surface area contributed by atoms with Crippen molar-refractivity contribution in [3.63, 3.8) is 0 Å². The van der Waals surface area contributed by atoms with E-state index < -0.39 is 5.41 Å². The van der Waals surface area contributed by atoms with Gasteiger partial charge in [0, 0.05) is 29.1 Å². The van der Waals surface area contributed by atoms with Crippen molar-refractivity contribution in [1.29, 1.82) is 0 Å². The van der Waals surface area contributed by atoms with E-state index in [-0.39, 0.29) is 18.2 Å². The summed E-state index contributed by atoms with van der Waals surface area (Å²) in [5.41, 5.74) is 7.09. The molecule has 2 heterocycles. The van der Waals surface area contributed by atoms with Gasteiger partial charge in [-0.1, -0.05) is 32.0 Å². The molecule has 0 saturated carbocycles. The van der Waals surface area contributed by atoms with Gasteiger partial charge < -0.3 is 10.5 Å². The van der Waals surface area contributed by atoms with Gasteiger partial charge in [-0.3, -0.25) is 9.78 Å². The summed E-state index contributed by atoms with van der Waals surface area (Å²) in [7, 11) is 1.55. The van der Waals surface area contributed by atoms with E-state index in [1.54, 1.807) is 31.5 Å². The van der Waals surface area contributed by atoms with Crippen LogP contribution in [-0.2, 0) is 5.41 Å². The Balaban J connectivity index is 2.03. The molecule has 0 unspecified atom stereocenters. The number of carbonyl (C=O) groups is 1. The number of rotatable bonds is 5. The number of ether oxygens (including phenoxy) is 1. The molecule has 2 aromatic heterocycles. The van der Waals surface area contributed by atoms with Gasteiger partial charge in [-0.15, -0.1) is 0 Å². The van der Waals surface area contributed by atoms with Crippen LogP contribution in [0.3, 0.4) is 0 Å². The summed E-state index contributed by atoms with van der Waals surface area (Å²) in [6, 6.07) is 11.1. The molecule has 0 fully saturated rings. The molecule has 0 amide bonds. The lowest BCUT2D eigenvalue weighted by Crippen LogP contribution is -2.24. The Labute approximate surface area is 146 Å². The monoisotopic (exact) mass is 336 g/mol. The summed E-state index contributed by atoms with van der Waals surface area (Å²) in [6.45, 7) is 3.97. The number of nitrogen functional groups attached to an aromatic ring is 1. The third-order valence-corrected chi connectivity index (χ3v) is 4.15. The Kier molecular flexibility index (Phi) is 4.35. The molecule has 0 radical (unpaired) electrons. The van der Waals surface area contributed by atoms with Gasteiger partial charge in [0.1, 0.15) is 17.0 Å². The van der Waals surface area contributed by atoms with Gasteiger partial charge in [0.2, 0.25) is 5.95 Å². The predicted octanol–water partition coefficient (Wildman–Crippen LogP) is 3.17. The molecule has 0 bridgehead atoms. The minimum absolute atomic E-state index is 0.0518. The third kappa shape index (κ3) is 3.28. The number of carbonyl (C=O) groups excluding carboxylic acids is 1. The van der Waals surface area contributed by atoms with Crippen molar-refractivity contribution in [3.8, 4) is 5.75 Å². The lowest BCUT2D eigenvalue weighted by molar-refractivity contribution is 0.0954. The Morgan fingerprint density at radius 3 is 2.64 bits per heavy atom. The first-order valence-electron chi connectivity index (χ1n) is 7.97. The van der Waals surface area contributed by atoms with Gasteiger partial charge in [0.15, 0.2) is 5.78 Å². The summed E-state index contributed by atoms with van der Waals surface area (Å²) >= 11 is 0. The average Bonchev–Trinajstić information content (AvgIpc) is 2.61. The third-order valence-electron chi connectivity index (χ3n) is 4.15. The van der Waals surface area contributed by atoms with Gasteiger partial charge in [-0.25, -0.2) is 9.97 Å². The first-order valence-corrected chi connectivity index (χ1v) is 7.97. The van der Waals surface area contributed by atoms with Crippen molar-refractivity contribution in [3.05, 3.63) is 54.0 Å². The van der Waals surface area contributed by atoms with Crippen LogP contribution in [0.4, 0.5) is 5.95 Å². The lowest BCUT2D eigenvalue weighted by atomic mass is 9.82. The van der Waals surface area contributed by atoms with Crippen molar-refractivity contribution in [2.45, 2.75) is 25.7 Å². The molecule has 3 aromatic rings. The number of aromatic nitrogens is 3. The molecule has 0 aliphatic carbocycles. The molecule has 0 saturated heterocycles. The minimum atomic E-state index is -0.427. The van der Waals surface area contributed by atoms with Crippen LogP contribution in [0.5, 0.6) is 5.75 Å². The minimum Gasteiger partial charge on any atom is -0.494 e. The summed E-state index contributed by atoms with van der Waals surface area (Å²) in [5, 5.41) is 0.635. The number of nitrogens with zero attached hydrogens (tertiary/aromatic N) is 3. The summed E-state index contributed by atoms with van der Waals surface area (Å²) in [6.07, 6.45) is 1.98. The predicted molar refractivity (Wildman–Crippen MR) is 96.7 cm³/mol. The van der Waals surface area contributed by atoms with Gasteiger partial charge in [0.05, 0.1) is 7.11 Å². The van der Waals surface area contributed by atoms with Crippen LogP contribution in [0.1, 0.15) is 36.5 Å². The molecule has 3 rings (SSSR count). The zero-order chi connectivity index (χ0) is 18.0. The molecule has 2 N–H and O–H groups in total. The molecule has 6 heteroatoms. The molecule has 128 valence electrons. The Bertz CT molecular complexity index is 923. The second kappa shape index (κ2) is 6.47. The van der Waals surface area contributed by atoms with E-state index in [9.17, 15) is 4.79 Å². The van der Waals surface area contributed by atoms with Crippen LogP contribution in [-0.4, -0.2) is 27.8 Å². The average molecular weight is 336 g/mol. The van der Waals surface area contributed by atoms with Crippen LogP contribution in [0.15, 0.2) is 42.6 Å². The maximum Gasteiger partial charge on any atom is 0.221 e. The number of hydrogen-bond donors (Lipinski definition) is 1. The highest BCUT2D eigenvalue weighted by Gasteiger charge is 2.28. The van der Waals surface area contributed by atoms with Gasteiger partial charge >= 0.3 is 0 Å². The lowest BCUT2D eigenvalue weighted by Gasteiger charge is -2.23. The summed E-state index contributed by atoms with van der Waals surface area (Å²) < 4.78 is 5.32. The number of anilines is 1. The van der Waals surface area contributed by atoms with E-state index in [2.05, 4.69) is 15.0 Å². The molecule has 25 heavy (non-hydrogen) atoms. The smallest absolute Gasteiger partial charge is 0.221 e. The molecular weight excluding hydrogens is 316 g/mol. The number of pyridine rings is 1. The van der Waals surface area contributed by atoms with Crippen molar-refractivity contribution in [2.75, 3.05) is 12.8 Å². The fourth-order valence-corrected chi connectivity index (χ4v) is 2.86. The zero-order valence-corrected chi connectivity index (χ0v) is 14.5. The largest absolute Gasteiger partial charge is 0.494 e. The quantitative estimate of drug-likeness (QED) is 0.720. The number of nitrogens with two attached hydrogens (primary N) is 1. The summed E-state index contributed by atoms with van der Waals surface area (Å²) in [4.78, 5) is 25.8. The second-order valence-corrected chi connectivity index (χ2v) is 6.49. The van der Waals surface area contributed by atoms with E-state index in [0.717, 1.165) is 5.69 Å². The number of ketones is 1. The normalized spacial score (nSPS) is 11.5. The van der Waals surface area contributed by atoms with Crippen molar-refractivity contribution in [1.82, 2.24) is 15.0 Å². The number of para-hydroxylation sites is 1. The van der Waals surface area contributed by atoms with Gasteiger partial charge in [-0.05, 0) is 18.2 Å². The van der Waals surface area contributed by atoms with Gasteiger partial charge in [0.25, 0.3) is 0 Å². The van der Waals surface area contributed by atoms with Gasteiger partial charge in [-0.2, -0.15) is 0 Å². The summed E-state index contributed by atoms with van der Waals surface area (Å²) in [5.74, 6) is 0.503. The van der Waals surface area contributed by atoms with Crippen molar-refractivity contribution in [2.24, 2.45) is 0 Å². The molecular formula is C19H20N4O2. The molecule has 0 atom stereocenters. The van der Waals surface area contributed by atoms with E-state index >= 15 is 0 Å². The SMILES string of the molecule is COc1cccc2c(C(=O)CC(C)(C)c3ccccn3)nc(N)nc12. The molecule has 0 aliphatic rings. The number of hydrogen-bond acceptors (Lipinski definition) is 6. The van der Waals surface area contributed by atoms with Crippen LogP contribution in [0.25, 0.3) is 10.9 Å². The highest BCUT2D eigenvalue weighted by atomic mass is 16.5. The molecule has 0 aliphatic heterocycles. The van der Waals surface area contributed by atoms with E-state index in [1.807, 2.05) is 32.0 Å². The van der Waals surface area contributed by atoms with E-state index in [1.165, 1.54) is 0 Å². The first kappa shape index (κ1) is 16.8.